The van der Waals surface area contributed by atoms with Crippen LogP contribution in [0.5, 0.6) is 0 Å². The molecule has 1 aromatic rings. The molecule has 1 aliphatic rings. The molecule has 0 saturated carbocycles. The van der Waals surface area contributed by atoms with Crippen molar-refractivity contribution in [2.24, 2.45) is 5.92 Å². The maximum absolute atomic E-state index is 12.7. The first-order valence-electron chi connectivity index (χ1n) is 7.78. The van der Waals surface area contributed by atoms with Gasteiger partial charge in [-0.15, -0.1) is 0 Å². The van der Waals surface area contributed by atoms with Crippen LogP contribution >= 0.6 is 11.6 Å². The lowest BCUT2D eigenvalue weighted by atomic mass is 9.94. The molecule has 0 amide bonds. The molecule has 0 N–H and O–H groups in total. The minimum Gasteiger partial charge on any atom is -0.540 e. The van der Waals surface area contributed by atoms with Gasteiger partial charge in [-0.1, -0.05) is 63.6 Å². The third-order valence-corrected chi connectivity index (χ3v) is 10.1. The van der Waals surface area contributed by atoms with Gasteiger partial charge in [0.1, 0.15) is 5.03 Å². The Bertz CT molecular complexity index is 702. The number of hydrogen-bond acceptors (Lipinski definition) is 3. The third kappa shape index (κ3) is 2.90. The molecule has 124 valence electrons. The Balaban J connectivity index is 2.47. The average molecular weight is 351 g/mol. The third-order valence-electron chi connectivity index (χ3n) is 5.37. The minimum absolute atomic E-state index is 0.0146. The van der Waals surface area contributed by atoms with Gasteiger partial charge in [0.25, 0.3) is 8.32 Å². The van der Waals surface area contributed by atoms with Crippen LogP contribution < -0.4 is 0 Å². The number of hydrogen-bond donors (Lipinski definition) is 0. The number of rotatable bonds is 4. The molecule has 0 bridgehead atoms. The van der Waals surface area contributed by atoms with Crippen LogP contribution in [0.25, 0.3) is 0 Å². The molecule has 0 aliphatic heterocycles. The summed E-state index contributed by atoms with van der Waals surface area (Å²) in [5.74, 6) is -0.250. The highest BCUT2D eigenvalue weighted by atomic mass is 35.5. The van der Waals surface area contributed by atoms with Gasteiger partial charge in [-0.25, -0.2) is 0 Å². The van der Waals surface area contributed by atoms with Gasteiger partial charge in [0.15, 0.2) is 5.76 Å². The topological polar surface area (TPSA) is 43.4 Å². The lowest BCUT2D eigenvalue weighted by molar-refractivity contribution is 0.0937. The summed E-state index contributed by atoms with van der Waals surface area (Å²) in [5, 5.41) is -0.189. The molecular weight excluding hydrogens is 328 g/mol. The molecule has 0 heterocycles. The monoisotopic (exact) mass is 350 g/mol. The minimum atomic E-state index is -2.33. The number of allylic oxidation sites excluding steroid dienone is 2. The molecule has 1 aromatic carbocycles. The van der Waals surface area contributed by atoms with E-state index in [-0.39, 0.29) is 27.4 Å². The Morgan fingerprint density at radius 2 is 1.52 bits per heavy atom. The van der Waals surface area contributed by atoms with Crippen LogP contribution in [0.2, 0.25) is 18.1 Å². The van der Waals surface area contributed by atoms with Crippen LogP contribution in [0.1, 0.15) is 48.4 Å². The summed E-state index contributed by atoms with van der Waals surface area (Å²) >= 11 is 6.20. The van der Waals surface area contributed by atoms with Crippen molar-refractivity contribution in [1.29, 1.82) is 0 Å². The Morgan fingerprint density at radius 1 is 1.04 bits per heavy atom. The number of ketones is 2. The van der Waals surface area contributed by atoms with Crippen molar-refractivity contribution >= 4 is 31.5 Å². The second-order valence-corrected chi connectivity index (χ2v) is 12.2. The van der Waals surface area contributed by atoms with Gasteiger partial charge >= 0.3 is 0 Å². The number of carbonyl (C=O) groups is 2. The van der Waals surface area contributed by atoms with Crippen LogP contribution in [0.15, 0.2) is 35.1 Å². The standard InChI is InChI=1S/C18H23ClO3Si/c1-11(2)18(3,4)23(5,6)22-17-14(19)15(20)12-9-7-8-10-13(12)16(17)21/h7-11H,1-6H3. The summed E-state index contributed by atoms with van der Waals surface area (Å²) < 4.78 is 6.17. The van der Waals surface area contributed by atoms with E-state index in [1.807, 2.05) is 0 Å². The molecule has 0 atom stereocenters. The van der Waals surface area contributed by atoms with Crippen LogP contribution in [-0.2, 0) is 4.43 Å². The Kier molecular flexibility index (Phi) is 4.61. The van der Waals surface area contributed by atoms with E-state index in [0.29, 0.717) is 17.0 Å². The zero-order valence-electron chi connectivity index (χ0n) is 14.5. The lowest BCUT2D eigenvalue weighted by Gasteiger charge is -2.43. The van der Waals surface area contributed by atoms with Gasteiger partial charge < -0.3 is 4.43 Å². The van der Waals surface area contributed by atoms with Gasteiger partial charge in [-0.05, 0) is 24.1 Å². The molecule has 3 nitrogen and oxygen atoms in total. The van der Waals surface area contributed by atoms with Crippen molar-refractivity contribution < 1.29 is 14.0 Å². The van der Waals surface area contributed by atoms with Crippen LogP contribution in [0, 0.1) is 5.92 Å². The van der Waals surface area contributed by atoms with Crippen molar-refractivity contribution in [3.05, 3.63) is 46.2 Å². The fraction of sp³-hybridized carbons (Fsp3) is 0.444. The highest BCUT2D eigenvalue weighted by molar-refractivity contribution is 6.75. The van der Waals surface area contributed by atoms with Crippen LogP contribution in [0.4, 0.5) is 0 Å². The number of fused-ring (bicyclic) bond motifs is 1. The molecule has 0 aromatic heterocycles. The van der Waals surface area contributed by atoms with Crippen molar-refractivity contribution in [3.8, 4) is 0 Å². The van der Waals surface area contributed by atoms with E-state index in [0.717, 1.165) is 0 Å². The highest BCUT2D eigenvalue weighted by Crippen LogP contribution is 2.46. The van der Waals surface area contributed by atoms with Gasteiger partial charge in [0, 0.05) is 11.1 Å². The smallest absolute Gasteiger partial charge is 0.251 e. The Hall–Kier alpha value is -1.39. The van der Waals surface area contributed by atoms with E-state index in [1.165, 1.54) is 0 Å². The zero-order valence-corrected chi connectivity index (χ0v) is 16.2. The molecule has 2 rings (SSSR count). The first kappa shape index (κ1) is 18.0. The summed E-state index contributed by atoms with van der Waals surface area (Å²) in [6, 6.07) is 6.72. The predicted octanol–water partition coefficient (Wildman–Crippen LogP) is 5.17. The normalized spacial score (nSPS) is 16.0. The summed E-state index contributed by atoms with van der Waals surface area (Å²) in [6.07, 6.45) is 0. The first-order valence-corrected chi connectivity index (χ1v) is 11.1. The van der Waals surface area contributed by atoms with Gasteiger partial charge in [-0.3, -0.25) is 9.59 Å². The van der Waals surface area contributed by atoms with Crippen molar-refractivity contribution in [3.63, 3.8) is 0 Å². The summed E-state index contributed by atoms with van der Waals surface area (Å²) in [7, 11) is -2.33. The molecule has 0 radical (unpaired) electrons. The first-order chi connectivity index (χ1) is 10.5. The molecule has 0 fully saturated rings. The van der Waals surface area contributed by atoms with Crippen molar-refractivity contribution in [2.45, 2.75) is 45.8 Å². The number of benzene rings is 1. The molecular formula is C18H23ClO3Si. The molecule has 0 spiro atoms. The van der Waals surface area contributed by atoms with Gasteiger partial charge in [-0.2, -0.15) is 0 Å². The number of Topliss-reactive ketones (excluding diaryl/α,β-unsaturated/α-hetero) is 2. The Morgan fingerprint density at radius 3 is 2.00 bits per heavy atom. The van der Waals surface area contributed by atoms with E-state index >= 15 is 0 Å². The quantitative estimate of drug-likeness (QED) is 0.703. The van der Waals surface area contributed by atoms with Crippen LogP contribution in [-0.4, -0.2) is 19.9 Å². The lowest BCUT2D eigenvalue weighted by Crippen LogP contribution is -2.46. The van der Waals surface area contributed by atoms with Crippen LogP contribution in [0.3, 0.4) is 0 Å². The summed E-state index contributed by atoms with van der Waals surface area (Å²) in [5.41, 5.74) is 0.710. The Labute approximate surface area is 143 Å². The molecule has 0 unspecified atom stereocenters. The fourth-order valence-electron chi connectivity index (χ4n) is 2.50. The largest absolute Gasteiger partial charge is 0.540 e. The highest BCUT2D eigenvalue weighted by Gasteiger charge is 2.47. The van der Waals surface area contributed by atoms with E-state index < -0.39 is 8.32 Å². The molecule has 23 heavy (non-hydrogen) atoms. The molecule has 1 aliphatic carbocycles. The van der Waals surface area contributed by atoms with Crippen molar-refractivity contribution in [1.82, 2.24) is 0 Å². The zero-order chi connectivity index (χ0) is 17.6. The SMILES string of the molecule is CC(C)C(C)(C)[Si](C)(C)OC1=C(Cl)C(=O)c2ccccc2C1=O. The average Bonchev–Trinajstić information content (AvgIpc) is 2.49. The van der Waals surface area contributed by atoms with E-state index in [2.05, 4.69) is 40.8 Å². The maximum Gasteiger partial charge on any atom is 0.251 e. The van der Waals surface area contributed by atoms with Crippen molar-refractivity contribution in [2.75, 3.05) is 0 Å². The van der Waals surface area contributed by atoms with E-state index in [4.69, 9.17) is 16.0 Å². The summed E-state index contributed by atoms with van der Waals surface area (Å²) in [4.78, 5) is 25.2. The maximum atomic E-state index is 12.7. The molecule has 0 saturated heterocycles. The van der Waals surface area contributed by atoms with E-state index in [9.17, 15) is 9.59 Å². The van der Waals surface area contributed by atoms with E-state index in [1.54, 1.807) is 24.3 Å². The second kappa shape index (κ2) is 5.91. The molecule has 5 heteroatoms. The number of halogens is 1. The predicted molar refractivity (Wildman–Crippen MR) is 95.4 cm³/mol. The number of carbonyl (C=O) groups excluding carboxylic acids is 2. The fourth-order valence-corrected chi connectivity index (χ4v) is 5.14. The van der Waals surface area contributed by atoms with Gasteiger partial charge in [0.2, 0.25) is 11.6 Å². The van der Waals surface area contributed by atoms with Gasteiger partial charge in [0.05, 0.1) is 0 Å². The summed E-state index contributed by atoms with van der Waals surface area (Å²) in [6.45, 7) is 12.7. The second-order valence-electron chi connectivity index (χ2n) is 7.34.